The second-order valence-electron chi connectivity index (χ2n) is 5.57. The van der Waals surface area contributed by atoms with Crippen LogP contribution in [0.1, 0.15) is 45.4 Å². The van der Waals surface area contributed by atoms with Crippen LogP contribution >= 0.6 is 0 Å². The molecule has 98 valence electrons. The number of nitrogens with zero attached hydrogens (tertiary/aromatic N) is 1. The van der Waals surface area contributed by atoms with Gasteiger partial charge in [0.15, 0.2) is 0 Å². The van der Waals surface area contributed by atoms with Gasteiger partial charge in [0.1, 0.15) is 0 Å². The molecule has 0 spiro atoms. The standard InChI is InChI=1S/C14H26N2O/c1-2-16(11-12-6-5-9-15-10-12)14(17)13-7-3-4-8-13/h12-13,15H,2-11H2,1H3. The van der Waals surface area contributed by atoms with Crippen molar-refractivity contribution in [2.24, 2.45) is 11.8 Å². The van der Waals surface area contributed by atoms with E-state index in [4.69, 9.17) is 0 Å². The quantitative estimate of drug-likeness (QED) is 0.812. The predicted molar refractivity (Wildman–Crippen MR) is 69.8 cm³/mol. The van der Waals surface area contributed by atoms with Crippen LogP contribution in [0.5, 0.6) is 0 Å². The lowest BCUT2D eigenvalue weighted by atomic mass is 9.98. The molecule has 1 saturated heterocycles. The van der Waals surface area contributed by atoms with Crippen molar-refractivity contribution in [1.29, 1.82) is 0 Å². The fourth-order valence-corrected chi connectivity index (χ4v) is 3.20. The zero-order valence-electron chi connectivity index (χ0n) is 11.1. The van der Waals surface area contributed by atoms with E-state index in [9.17, 15) is 4.79 Å². The van der Waals surface area contributed by atoms with Gasteiger partial charge >= 0.3 is 0 Å². The van der Waals surface area contributed by atoms with Gasteiger partial charge in [0.05, 0.1) is 0 Å². The topological polar surface area (TPSA) is 32.3 Å². The van der Waals surface area contributed by atoms with Crippen molar-refractivity contribution in [3.8, 4) is 0 Å². The van der Waals surface area contributed by atoms with E-state index >= 15 is 0 Å². The van der Waals surface area contributed by atoms with Gasteiger partial charge < -0.3 is 10.2 Å². The molecule has 3 heteroatoms. The molecular formula is C14H26N2O. The Balaban J connectivity index is 1.83. The second kappa shape index (κ2) is 6.39. The van der Waals surface area contributed by atoms with Crippen molar-refractivity contribution in [1.82, 2.24) is 10.2 Å². The van der Waals surface area contributed by atoms with E-state index in [2.05, 4.69) is 17.1 Å². The van der Waals surface area contributed by atoms with Gasteiger partial charge in [-0.3, -0.25) is 4.79 Å². The molecule has 0 aromatic rings. The van der Waals surface area contributed by atoms with E-state index < -0.39 is 0 Å². The summed E-state index contributed by atoms with van der Waals surface area (Å²) in [5, 5.41) is 3.43. The fraction of sp³-hybridized carbons (Fsp3) is 0.929. The van der Waals surface area contributed by atoms with Crippen LogP contribution in [0.25, 0.3) is 0 Å². The molecule has 2 rings (SSSR count). The SMILES string of the molecule is CCN(CC1CCCNC1)C(=O)C1CCCC1. The average Bonchev–Trinajstić information content (AvgIpc) is 2.90. The van der Waals surface area contributed by atoms with E-state index in [0.29, 0.717) is 17.7 Å². The lowest BCUT2D eigenvalue weighted by Gasteiger charge is -2.31. The van der Waals surface area contributed by atoms with Gasteiger partial charge in [0.25, 0.3) is 0 Å². The minimum absolute atomic E-state index is 0.339. The maximum atomic E-state index is 12.4. The minimum atomic E-state index is 0.339. The van der Waals surface area contributed by atoms with E-state index in [1.54, 1.807) is 0 Å². The lowest BCUT2D eigenvalue weighted by Crippen LogP contribution is -2.42. The van der Waals surface area contributed by atoms with Gasteiger partial charge in [0.2, 0.25) is 5.91 Å². The Labute approximate surface area is 105 Å². The Hall–Kier alpha value is -0.570. The number of rotatable bonds is 4. The number of carbonyl (C=O) groups excluding carboxylic acids is 1. The third-order valence-electron chi connectivity index (χ3n) is 4.28. The molecule has 1 N–H and O–H groups in total. The fourth-order valence-electron chi connectivity index (χ4n) is 3.20. The number of amides is 1. The van der Waals surface area contributed by atoms with Crippen molar-refractivity contribution < 1.29 is 4.79 Å². The molecule has 3 nitrogen and oxygen atoms in total. The molecule has 0 aromatic heterocycles. The molecule has 1 aliphatic heterocycles. The maximum absolute atomic E-state index is 12.4. The van der Waals surface area contributed by atoms with Crippen LogP contribution in [-0.2, 0) is 4.79 Å². The molecule has 0 aromatic carbocycles. The van der Waals surface area contributed by atoms with Gasteiger partial charge in [-0.05, 0) is 51.6 Å². The normalized spacial score (nSPS) is 26.1. The number of carbonyl (C=O) groups is 1. The summed E-state index contributed by atoms with van der Waals surface area (Å²) in [6.07, 6.45) is 7.29. The van der Waals surface area contributed by atoms with E-state index in [-0.39, 0.29) is 0 Å². The van der Waals surface area contributed by atoms with E-state index in [1.807, 2.05) is 0 Å². The van der Waals surface area contributed by atoms with Crippen molar-refractivity contribution in [2.75, 3.05) is 26.2 Å². The van der Waals surface area contributed by atoms with Crippen molar-refractivity contribution >= 4 is 5.91 Å². The van der Waals surface area contributed by atoms with Crippen molar-refractivity contribution in [3.05, 3.63) is 0 Å². The smallest absolute Gasteiger partial charge is 0.225 e. The first-order chi connectivity index (χ1) is 8.31. The highest BCUT2D eigenvalue weighted by Gasteiger charge is 2.28. The number of piperidine rings is 1. The van der Waals surface area contributed by atoms with Crippen LogP contribution in [0.2, 0.25) is 0 Å². The van der Waals surface area contributed by atoms with Crippen LogP contribution < -0.4 is 5.32 Å². The van der Waals surface area contributed by atoms with Gasteiger partial charge in [-0.25, -0.2) is 0 Å². The highest BCUT2D eigenvalue weighted by molar-refractivity contribution is 5.79. The largest absolute Gasteiger partial charge is 0.342 e. The molecule has 1 aliphatic carbocycles. The first-order valence-electron chi connectivity index (χ1n) is 7.30. The first-order valence-corrected chi connectivity index (χ1v) is 7.30. The molecule has 1 unspecified atom stereocenters. The number of nitrogens with one attached hydrogen (secondary N) is 1. The lowest BCUT2D eigenvalue weighted by molar-refractivity contribution is -0.135. The van der Waals surface area contributed by atoms with Crippen LogP contribution in [0.4, 0.5) is 0 Å². The van der Waals surface area contributed by atoms with E-state index in [0.717, 1.165) is 39.0 Å². The van der Waals surface area contributed by atoms with Crippen LogP contribution in [0.3, 0.4) is 0 Å². The molecule has 2 fully saturated rings. The maximum Gasteiger partial charge on any atom is 0.225 e. The summed E-state index contributed by atoms with van der Waals surface area (Å²) < 4.78 is 0. The minimum Gasteiger partial charge on any atom is -0.342 e. The molecule has 2 aliphatic rings. The summed E-state index contributed by atoms with van der Waals surface area (Å²) in [6, 6.07) is 0. The van der Waals surface area contributed by atoms with Crippen LogP contribution in [0.15, 0.2) is 0 Å². The first kappa shape index (κ1) is 12.9. The van der Waals surface area contributed by atoms with Gasteiger partial charge in [-0.1, -0.05) is 12.8 Å². The number of hydrogen-bond donors (Lipinski definition) is 1. The zero-order valence-corrected chi connectivity index (χ0v) is 11.1. The van der Waals surface area contributed by atoms with Crippen molar-refractivity contribution in [3.63, 3.8) is 0 Å². The Morgan fingerprint density at radius 2 is 2.00 bits per heavy atom. The Kier molecular flexibility index (Phi) is 4.84. The highest BCUT2D eigenvalue weighted by atomic mass is 16.2. The van der Waals surface area contributed by atoms with Crippen molar-refractivity contribution in [2.45, 2.75) is 45.4 Å². The summed E-state index contributed by atoms with van der Waals surface area (Å²) in [6.45, 7) is 6.21. The summed E-state index contributed by atoms with van der Waals surface area (Å²) in [5.74, 6) is 1.44. The van der Waals surface area contributed by atoms with Gasteiger partial charge in [-0.2, -0.15) is 0 Å². The van der Waals surface area contributed by atoms with Gasteiger partial charge in [-0.15, -0.1) is 0 Å². The zero-order chi connectivity index (χ0) is 12.1. The second-order valence-corrected chi connectivity index (χ2v) is 5.57. The Morgan fingerprint density at radius 3 is 2.59 bits per heavy atom. The molecule has 0 bridgehead atoms. The average molecular weight is 238 g/mol. The van der Waals surface area contributed by atoms with E-state index in [1.165, 1.54) is 25.7 Å². The molecule has 17 heavy (non-hydrogen) atoms. The third kappa shape index (κ3) is 3.44. The molecule has 0 radical (unpaired) electrons. The van der Waals surface area contributed by atoms with Crippen LogP contribution in [-0.4, -0.2) is 37.0 Å². The number of hydrogen-bond acceptors (Lipinski definition) is 2. The summed E-state index contributed by atoms with van der Waals surface area (Å²) in [5.41, 5.74) is 0. The third-order valence-corrected chi connectivity index (χ3v) is 4.28. The Bertz CT molecular complexity index is 243. The molecular weight excluding hydrogens is 212 g/mol. The molecule has 1 heterocycles. The Morgan fingerprint density at radius 1 is 1.24 bits per heavy atom. The monoisotopic (exact) mass is 238 g/mol. The molecule has 1 atom stereocenters. The van der Waals surface area contributed by atoms with Gasteiger partial charge in [0, 0.05) is 19.0 Å². The highest BCUT2D eigenvalue weighted by Crippen LogP contribution is 2.27. The van der Waals surface area contributed by atoms with Crippen LogP contribution in [0, 0.1) is 11.8 Å². The molecule has 1 amide bonds. The molecule has 1 saturated carbocycles. The summed E-state index contributed by atoms with van der Waals surface area (Å²) >= 11 is 0. The summed E-state index contributed by atoms with van der Waals surface area (Å²) in [7, 11) is 0. The summed E-state index contributed by atoms with van der Waals surface area (Å²) in [4.78, 5) is 14.5. The predicted octanol–water partition coefficient (Wildman–Crippen LogP) is 2.02.